The van der Waals surface area contributed by atoms with Gasteiger partial charge in [-0.05, 0) is 38.3 Å². The number of hydrogen-bond acceptors (Lipinski definition) is 5. The first-order valence-electron chi connectivity index (χ1n) is 9.17. The zero-order valence-electron chi connectivity index (χ0n) is 15.6. The smallest absolute Gasteiger partial charge is 0.406 e. The van der Waals surface area contributed by atoms with E-state index in [4.69, 9.17) is 0 Å². The first-order valence-corrected chi connectivity index (χ1v) is 9.17. The molecule has 10 heteroatoms. The molecule has 0 bridgehead atoms. The van der Waals surface area contributed by atoms with Crippen LogP contribution in [0.3, 0.4) is 0 Å². The molecule has 4 heterocycles. The van der Waals surface area contributed by atoms with E-state index in [0.717, 1.165) is 6.07 Å². The van der Waals surface area contributed by atoms with Crippen molar-refractivity contribution >= 4 is 5.91 Å². The summed E-state index contributed by atoms with van der Waals surface area (Å²) in [4.78, 5) is 29.9. The van der Waals surface area contributed by atoms with Crippen molar-refractivity contribution < 1.29 is 23.1 Å². The highest BCUT2D eigenvalue weighted by Crippen LogP contribution is 2.42. The molecule has 4 rings (SSSR count). The lowest BCUT2D eigenvalue weighted by Crippen LogP contribution is -2.70. The third-order valence-electron chi connectivity index (χ3n) is 5.59. The van der Waals surface area contributed by atoms with E-state index in [1.54, 1.807) is 29.4 Å². The summed E-state index contributed by atoms with van der Waals surface area (Å²) >= 11 is 0. The first kappa shape index (κ1) is 19.3. The summed E-state index contributed by atoms with van der Waals surface area (Å²) in [6.45, 7) is 0.357. The fourth-order valence-corrected chi connectivity index (χ4v) is 4.33. The van der Waals surface area contributed by atoms with Gasteiger partial charge < -0.3 is 10.0 Å². The number of rotatable bonds is 2. The number of hydrogen-bond donors (Lipinski definition) is 1. The molecule has 0 saturated carbocycles. The highest BCUT2D eigenvalue weighted by molar-refractivity contribution is 5.96. The SMILES string of the molecule is CC1(c2ccccn2)CCCC2N(CC(F)(F)F)C(=O)c3c(O)c(=O)ccn3N21. The van der Waals surface area contributed by atoms with Crippen LogP contribution in [0.2, 0.25) is 0 Å². The molecule has 0 spiro atoms. The van der Waals surface area contributed by atoms with E-state index in [0.29, 0.717) is 29.9 Å². The fourth-order valence-electron chi connectivity index (χ4n) is 4.33. The maximum absolute atomic E-state index is 13.3. The van der Waals surface area contributed by atoms with Gasteiger partial charge in [0.05, 0.1) is 11.2 Å². The number of nitrogens with zero attached hydrogens (tertiary/aromatic N) is 4. The molecule has 1 fully saturated rings. The Hall–Kier alpha value is -3.04. The number of fused-ring (bicyclic) bond motifs is 3. The molecule has 2 aliphatic heterocycles. The van der Waals surface area contributed by atoms with Crippen LogP contribution in [0, 0.1) is 0 Å². The molecule has 1 N–H and O–H groups in total. The predicted molar refractivity (Wildman–Crippen MR) is 96.9 cm³/mol. The van der Waals surface area contributed by atoms with Gasteiger partial charge in [0.25, 0.3) is 5.91 Å². The van der Waals surface area contributed by atoms with Gasteiger partial charge in [0.1, 0.15) is 12.7 Å². The van der Waals surface area contributed by atoms with Crippen molar-refractivity contribution in [1.29, 1.82) is 0 Å². The minimum absolute atomic E-state index is 0.316. The van der Waals surface area contributed by atoms with Gasteiger partial charge in [0, 0.05) is 18.5 Å². The number of amides is 1. The van der Waals surface area contributed by atoms with Crippen molar-refractivity contribution in [1.82, 2.24) is 14.6 Å². The number of piperidine rings is 1. The van der Waals surface area contributed by atoms with Crippen LogP contribution in [0.1, 0.15) is 42.4 Å². The Morgan fingerprint density at radius 3 is 2.69 bits per heavy atom. The van der Waals surface area contributed by atoms with Gasteiger partial charge in [-0.3, -0.25) is 24.3 Å². The van der Waals surface area contributed by atoms with Crippen LogP contribution < -0.4 is 10.4 Å². The monoisotopic (exact) mass is 408 g/mol. The Labute approximate surface area is 164 Å². The molecule has 2 unspecified atom stereocenters. The lowest BCUT2D eigenvalue weighted by atomic mass is 9.84. The van der Waals surface area contributed by atoms with E-state index in [1.165, 1.54) is 10.9 Å². The summed E-state index contributed by atoms with van der Waals surface area (Å²) in [7, 11) is 0. The van der Waals surface area contributed by atoms with Crippen LogP contribution in [0.5, 0.6) is 5.75 Å². The molecule has 0 aromatic carbocycles. The highest BCUT2D eigenvalue weighted by Gasteiger charge is 2.52. The van der Waals surface area contributed by atoms with Crippen LogP contribution in [0.4, 0.5) is 13.2 Å². The van der Waals surface area contributed by atoms with Gasteiger partial charge in [-0.2, -0.15) is 13.2 Å². The third kappa shape index (κ3) is 3.02. The second-order valence-corrected chi connectivity index (χ2v) is 7.48. The lowest BCUT2D eigenvalue weighted by molar-refractivity contribution is -0.148. The first-order chi connectivity index (χ1) is 13.6. The zero-order valence-corrected chi connectivity index (χ0v) is 15.6. The maximum atomic E-state index is 13.3. The van der Waals surface area contributed by atoms with E-state index in [1.807, 2.05) is 6.92 Å². The topological polar surface area (TPSA) is 78.7 Å². The van der Waals surface area contributed by atoms with Crippen LogP contribution >= 0.6 is 0 Å². The number of aromatic hydroxyl groups is 1. The van der Waals surface area contributed by atoms with E-state index in [2.05, 4.69) is 4.98 Å². The summed E-state index contributed by atoms with van der Waals surface area (Å²) in [5, 5.41) is 11.9. The molecule has 2 aliphatic rings. The minimum Gasteiger partial charge on any atom is -0.502 e. The quantitative estimate of drug-likeness (QED) is 0.825. The summed E-state index contributed by atoms with van der Waals surface area (Å²) < 4.78 is 41.2. The average Bonchev–Trinajstić information content (AvgIpc) is 2.67. The van der Waals surface area contributed by atoms with Crippen molar-refractivity contribution in [3.8, 4) is 5.75 Å². The largest absolute Gasteiger partial charge is 0.502 e. The Bertz CT molecular complexity index is 1010. The molecule has 2 aromatic rings. The Morgan fingerprint density at radius 1 is 1.28 bits per heavy atom. The standard InChI is InChI=1S/C19H19F3N4O3/c1-18(13-5-2-3-9-23-13)8-4-6-14-24(11-19(20,21)22)17(29)15-16(28)12(27)7-10-25(15)26(14)18/h2-3,5,7,9-10,14,28H,4,6,8,11H2,1H3. The summed E-state index contributed by atoms with van der Waals surface area (Å²) in [6.07, 6.45) is -1.16. The molecule has 0 aliphatic carbocycles. The Kier molecular flexibility index (Phi) is 4.32. The van der Waals surface area contributed by atoms with Crippen molar-refractivity contribution in [2.24, 2.45) is 0 Å². The van der Waals surface area contributed by atoms with E-state index < -0.39 is 47.2 Å². The van der Waals surface area contributed by atoms with Crippen LogP contribution in [-0.4, -0.2) is 44.5 Å². The van der Waals surface area contributed by atoms with E-state index >= 15 is 0 Å². The zero-order chi connectivity index (χ0) is 21.0. The normalized spacial score (nSPS) is 24.3. The molecule has 29 heavy (non-hydrogen) atoms. The third-order valence-corrected chi connectivity index (χ3v) is 5.59. The van der Waals surface area contributed by atoms with E-state index in [-0.39, 0.29) is 0 Å². The van der Waals surface area contributed by atoms with Crippen LogP contribution in [0.15, 0.2) is 41.5 Å². The van der Waals surface area contributed by atoms with Crippen molar-refractivity contribution in [3.63, 3.8) is 0 Å². The van der Waals surface area contributed by atoms with Gasteiger partial charge in [-0.15, -0.1) is 0 Å². The minimum atomic E-state index is -4.63. The van der Waals surface area contributed by atoms with Crippen molar-refractivity contribution in [2.75, 3.05) is 11.6 Å². The molecule has 0 radical (unpaired) electrons. The summed E-state index contributed by atoms with van der Waals surface area (Å²) in [5.74, 6) is -1.89. The summed E-state index contributed by atoms with van der Waals surface area (Å²) in [5.41, 5.74) is -1.53. The molecular formula is C19H19F3N4O3. The van der Waals surface area contributed by atoms with Crippen molar-refractivity contribution in [3.05, 3.63) is 58.3 Å². The van der Waals surface area contributed by atoms with Gasteiger partial charge in [0.15, 0.2) is 11.4 Å². The van der Waals surface area contributed by atoms with Gasteiger partial charge in [-0.1, -0.05) is 6.07 Å². The average molecular weight is 408 g/mol. The molecule has 1 amide bonds. The predicted octanol–water partition coefficient (Wildman–Crippen LogP) is 2.33. The van der Waals surface area contributed by atoms with E-state index in [9.17, 15) is 27.9 Å². The Balaban J connectivity index is 1.95. The Morgan fingerprint density at radius 2 is 2.03 bits per heavy atom. The van der Waals surface area contributed by atoms with Gasteiger partial charge in [-0.25, -0.2) is 0 Å². The number of alkyl halides is 3. The fraction of sp³-hybridized carbons (Fsp3) is 0.421. The van der Waals surface area contributed by atoms with Gasteiger partial charge >= 0.3 is 6.18 Å². The molecule has 1 saturated heterocycles. The number of carbonyl (C=O) groups is 1. The molecule has 2 atom stereocenters. The molecular weight excluding hydrogens is 389 g/mol. The lowest BCUT2D eigenvalue weighted by Gasteiger charge is -2.56. The number of aromatic nitrogens is 2. The van der Waals surface area contributed by atoms with Gasteiger partial charge in [0.2, 0.25) is 5.43 Å². The van der Waals surface area contributed by atoms with Crippen LogP contribution in [0.25, 0.3) is 0 Å². The number of pyridine rings is 2. The number of carbonyl (C=O) groups excluding carboxylic acids is 1. The number of halogens is 3. The second-order valence-electron chi connectivity index (χ2n) is 7.48. The van der Waals surface area contributed by atoms with Crippen LogP contribution in [-0.2, 0) is 5.54 Å². The maximum Gasteiger partial charge on any atom is 0.406 e. The molecule has 2 aromatic heterocycles. The summed E-state index contributed by atoms with van der Waals surface area (Å²) in [6, 6.07) is 6.38. The highest BCUT2D eigenvalue weighted by atomic mass is 19.4. The second kappa shape index (κ2) is 6.50. The van der Waals surface area contributed by atoms with Crippen molar-refractivity contribution in [2.45, 2.75) is 44.1 Å². The molecule has 7 nitrogen and oxygen atoms in total. The molecule has 154 valence electrons.